The summed E-state index contributed by atoms with van der Waals surface area (Å²) in [5.74, 6) is 0. The van der Waals surface area contributed by atoms with E-state index in [4.69, 9.17) is 0 Å². The predicted molar refractivity (Wildman–Crippen MR) is 93.4 cm³/mol. The van der Waals surface area contributed by atoms with E-state index in [0.717, 1.165) is 6.54 Å². The van der Waals surface area contributed by atoms with E-state index < -0.39 is 0 Å². The summed E-state index contributed by atoms with van der Waals surface area (Å²) in [6, 6.07) is 0. The number of hydrogen-bond acceptors (Lipinski definition) is 1. The highest BCUT2D eigenvalue weighted by molar-refractivity contribution is 4.75. The Morgan fingerprint density at radius 2 is 1.15 bits per heavy atom. The first-order valence-electron chi connectivity index (χ1n) is 9.02. The summed E-state index contributed by atoms with van der Waals surface area (Å²) in [5, 5.41) is 3.61. The van der Waals surface area contributed by atoms with Crippen molar-refractivity contribution in [1.29, 1.82) is 0 Å². The second-order valence-electron chi connectivity index (χ2n) is 8.32. The van der Waals surface area contributed by atoms with Crippen LogP contribution in [0.3, 0.4) is 0 Å². The summed E-state index contributed by atoms with van der Waals surface area (Å²) in [4.78, 5) is 0. The van der Waals surface area contributed by atoms with Crippen molar-refractivity contribution < 1.29 is 0 Å². The average Bonchev–Trinajstić information content (AvgIpc) is 2.30. The minimum atomic E-state index is 0.259. The minimum absolute atomic E-state index is 0.259. The van der Waals surface area contributed by atoms with Crippen LogP contribution in [-0.4, -0.2) is 12.1 Å². The van der Waals surface area contributed by atoms with Crippen LogP contribution in [0, 0.1) is 5.41 Å². The van der Waals surface area contributed by atoms with Gasteiger partial charge in [-0.25, -0.2) is 0 Å². The van der Waals surface area contributed by atoms with Crippen LogP contribution in [0.2, 0.25) is 0 Å². The third-order valence-corrected chi connectivity index (χ3v) is 4.16. The maximum Gasteiger partial charge on any atom is 0.00965 e. The molecule has 0 aliphatic carbocycles. The van der Waals surface area contributed by atoms with Crippen molar-refractivity contribution in [2.75, 3.05) is 6.54 Å². The standard InChI is InChI=1S/C19H41N/c1-7-8-9-10-11-12-13-14-15-19(5,6)16-17-20-18(2,3)4/h20H,7-17H2,1-6H3. The molecule has 0 spiro atoms. The van der Waals surface area contributed by atoms with E-state index in [-0.39, 0.29) is 5.54 Å². The first-order chi connectivity index (χ1) is 9.27. The zero-order valence-electron chi connectivity index (χ0n) is 15.3. The second-order valence-corrected chi connectivity index (χ2v) is 8.32. The summed E-state index contributed by atoms with van der Waals surface area (Å²) in [6.07, 6.45) is 14.1. The lowest BCUT2D eigenvalue weighted by atomic mass is 9.83. The normalized spacial score (nSPS) is 12.9. The predicted octanol–water partition coefficient (Wildman–Crippen LogP) is 6.32. The van der Waals surface area contributed by atoms with Crippen molar-refractivity contribution in [2.24, 2.45) is 5.41 Å². The van der Waals surface area contributed by atoms with Gasteiger partial charge in [0.15, 0.2) is 0 Å². The van der Waals surface area contributed by atoms with Gasteiger partial charge in [-0.3, -0.25) is 0 Å². The van der Waals surface area contributed by atoms with Gasteiger partial charge in [-0.05, 0) is 45.6 Å². The van der Waals surface area contributed by atoms with E-state index >= 15 is 0 Å². The largest absolute Gasteiger partial charge is 0.312 e. The van der Waals surface area contributed by atoms with E-state index in [1.165, 1.54) is 64.2 Å². The molecule has 0 aliphatic rings. The van der Waals surface area contributed by atoms with Crippen molar-refractivity contribution in [3.8, 4) is 0 Å². The lowest BCUT2D eigenvalue weighted by Gasteiger charge is -2.28. The molecule has 20 heavy (non-hydrogen) atoms. The maximum atomic E-state index is 3.61. The molecule has 1 N–H and O–H groups in total. The smallest absolute Gasteiger partial charge is 0.00965 e. The summed E-state index contributed by atoms with van der Waals surface area (Å²) in [5.41, 5.74) is 0.759. The Kier molecular flexibility index (Phi) is 10.6. The van der Waals surface area contributed by atoms with Gasteiger partial charge in [0.1, 0.15) is 0 Å². The summed E-state index contributed by atoms with van der Waals surface area (Å²) in [7, 11) is 0. The van der Waals surface area contributed by atoms with Crippen molar-refractivity contribution in [2.45, 2.75) is 111 Å². The molecule has 0 saturated heterocycles. The Morgan fingerprint density at radius 1 is 0.650 bits per heavy atom. The first kappa shape index (κ1) is 20.0. The number of nitrogens with one attached hydrogen (secondary N) is 1. The van der Waals surface area contributed by atoms with Crippen LogP contribution in [0.25, 0.3) is 0 Å². The Balaban J connectivity index is 3.47. The van der Waals surface area contributed by atoms with E-state index in [1.54, 1.807) is 0 Å². The van der Waals surface area contributed by atoms with E-state index in [0.29, 0.717) is 5.41 Å². The quantitative estimate of drug-likeness (QED) is 0.413. The van der Waals surface area contributed by atoms with Crippen LogP contribution in [0.5, 0.6) is 0 Å². The van der Waals surface area contributed by atoms with Gasteiger partial charge < -0.3 is 5.32 Å². The van der Waals surface area contributed by atoms with E-state index in [1.807, 2.05) is 0 Å². The maximum absolute atomic E-state index is 3.61. The molecule has 122 valence electrons. The van der Waals surface area contributed by atoms with Gasteiger partial charge in [0, 0.05) is 5.54 Å². The Morgan fingerprint density at radius 3 is 1.65 bits per heavy atom. The third-order valence-electron chi connectivity index (χ3n) is 4.16. The molecule has 0 radical (unpaired) electrons. The Labute approximate surface area is 129 Å². The molecule has 1 nitrogen and oxygen atoms in total. The van der Waals surface area contributed by atoms with E-state index in [2.05, 4.69) is 46.9 Å². The molecule has 1 heteroatoms. The molecule has 0 fully saturated rings. The lowest BCUT2D eigenvalue weighted by molar-refractivity contribution is 0.274. The van der Waals surface area contributed by atoms with Crippen LogP contribution in [-0.2, 0) is 0 Å². The average molecular weight is 284 g/mol. The molecule has 0 heterocycles. The topological polar surface area (TPSA) is 12.0 Å². The van der Waals surface area contributed by atoms with Gasteiger partial charge in [-0.2, -0.15) is 0 Å². The molecule has 0 amide bonds. The fourth-order valence-electron chi connectivity index (χ4n) is 2.64. The highest BCUT2D eigenvalue weighted by Crippen LogP contribution is 2.27. The monoisotopic (exact) mass is 283 g/mol. The molecule has 0 aliphatic heterocycles. The van der Waals surface area contributed by atoms with Crippen LogP contribution < -0.4 is 5.32 Å². The Hall–Kier alpha value is -0.0400. The number of rotatable bonds is 12. The lowest BCUT2D eigenvalue weighted by Crippen LogP contribution is -2.37. The third kappa shape index (κ3) is 14.4. The molecular formula is C19H41N. The molecule has 0 unspecified atom stereocenters. The van der Waals surface area contributed by atoms with Crippen molar-refractivity contribution in [3.63, 3.8) is 0 Å². The molecule has 0 rings (SSSR count). The fraction of sp³-hybridized carbons (Fsp3) is 1.00. The van der Waals surface area contributed by atoms with Crippen LogP contribution >= 0.6 is 0 Å². The second kappa shape index (κ2) is 10.7. The fourth-order valence-corrected chi connectivity index (χ4v) is 2.64. The molecular weight excluding hydrogens is 242 g/mol. The number of unbranched alkanes of at least 4 members (excludes halogenated alkanes) is 7. The minimum Gasteiger partial charge on any atom is -0.312 e. The SMILES string of the molecule is CCCCCCCCCCC(C)(C)CCNC(C)(C)C. The summed E-state index contributed by atoms with van der Waals surface area (Å²) in [6.45, 7) is 15.0. The van der Waals surface area contributed by atoms with Gasteiger partial charge in [-0.1, -0.05) is 72.1 Å². The van der Waals surface area contributed by atoms with Crippen molar-refractivity contribution >= 4 is 0 Å². The molecule has 0 aromatic carbocycles. The number of hydrogen-bond donors (Lipinski definition) is 1. The zero-order chi connectivity index (χ0) is 15.5. The van der Waals surface area contributed by atoms with Crippen molar-refractivity contribution in [1.82, 2.24) is 5.32 Å². The van der Waals surface area contributed by atoms with Gasteiger partial charge in [0.25, 0.3) is 0 Å². The van der Waals surface area contributed by atoms with Crippen LogP contribution in [0.1, 0.15) is 106 Å². The van der Waals surface area contributed by atoms with Gasteiger partial charge in [0.05, 0.1) is 0 Å². The summed E-state index contributed by atoms with van der Waals surface area (Å²) < 4.78 is 0. The zero-order valence-corrected chi connectivity index (χ0v) is 15.3. The van der Waals surface area contributed by atoms with Crippen molar-refractivity contribution in [3.05, 3.63) is 0 Å². The highest BCUT2D eigenvalue weighted by Gasteiger charge is 2.18. The molecule has 0 aromatic rings. The molecule has 0 atom stereocenters. The first-order valence-corrected chi connectivity index (χ1v) is 9.02. The Bertz CT molecular complexity index is 212. The molecule has 0 saturated carbocycles. The highest BCUT2D eigenvalue weighted by atomic mass is 14.9. The molecule has 0 aromatic heterocycles. The van der Waals surface area contributed by atoms with Gasteiger partial charge >= 0.3 is 0 Å². The molecule has 0 bridgehead atoms. The van der Waals surface area contributed by atoms with Gasteiger partial charge in [-0.15, -0.1) is 0 Å². The van der Waals surface area contributed by atoms with Crippen LogP contribution in [0.4, 0.5) is 0 Å². The van der Waals surface area contributed by atoms with E-state index in [9.17, 15) is 0 Å². The van der Waals surface area contributed by atoms with Gasteiger partial charge in [0.2, 0.25) is 0 Å². The van der Waals surface area contributed by atoms with Crippen LogP contribution in [0.15, 0.2) is 0 Å². The summed E-state index contributed by atoms with van der Waals surface area (Å²) >= 11 is 0.